The smallest absolute Gasteiger partial charge is 0.330 e. The number of carbonyl (C=O) groups excluding carboxylic acids is 2. The number of rotatable bonds is 1. The van der Waals surface area contributed by atoms with Gasteiger partial charge in [0.1, 0.15) is 6.10 Å². The van der Waals surface area contributed by atoms with Gasteiger partial charge < -0.3 is 19.9 Å². The summed E-state index contributed by atoms with van der Waals surface area (Å²) in [6, 6.07) is -0.493. The third kappa shape index (κ3) is 5.59. The predicted octanol–water partition coefficient (Wildman–Crippen LogP) is 3.30. The van der Waals surface area contributed by atoms with E-state index in [0.717, 1.165) is 43.0 Å². The Hall–Kier alpha value is -1.31. The Kier molecular flexibility index (Phi) is 6.65. The van der Waals surface area contributed by atoms with Crippen LogP contribution in [0.2, 0.25) is 0 Å². The third-order valence-corrected chi connectivity index (χ3v) is 6.28. The van der Waals surface area contributed by atoms with Gasteiger partial charge in [-0.25, -0.2) is 4.79 Å². The summed E-state index contributed by atoms with van der Waals surface area (Å²) in [6.07, 6.45) is 9.42. The maximum absolute atomic E-state index is 12.3. The summed E-state index contributed by atoms with van der Waals surface area (Å²) in [4.78, 5) is 23.9. The van der Waals surface area contributed by atoms with Crippen LogP contribution in [0.25, 0.3) is 0 Å². The lowest BCUT2D eigenvalue weighted by Crippen LogP contribution is -2.58. The molecule has 0 aromatic rings. The first kappa shape index (κ1) is 20.4. The van der Waals surface area contributed by atoms with Crippen molar-refractivity contribution in [3.05, 3.63) is 23.8 Å². The summed E-state index contributed by atoms with van der Waals surface area (Å²) in [5.74, 6) is -1.03. The zero-order valence-electron chi connectivity index (χ0n) is 16.0. The van der Waals surface area contributed by atoms with Crippen molar-refractivity contribution in [3.8, 4) is 0 Å². The number of ether oxygens (including phenoxy) is 2. The SMILES string of the molecule is CC1=CC(=O)O[C@@H]2C[C@@H](CC[C@H](C)C=CCC1)O[C@@](O)([C@H]1CSC(=O)N1)C2. The summed E-state index contributed by atoms with van der Waals surface area (Å²) in [5, 5.41) is 13.7. The van der Waals surface area contributed by atoms with Gasteiger partial charge in [-0.3, -0.25) is 4.79 Å². The highest BCUT2D eigenvalue weighted by Crippen LogP contribution is 2.37. The zero-order chi connectivity index (χ0) is 19.4. The molecule has 0 aromatic carbocycles. The number of aliphatic hydroxyl groups is 1. The van der Waals surface area contributed by atoms with Crippen molar-refractivity contribution >= 4 is 23.0 Å². The molecule has 0 unspecified atom stereocenters. The van der Waals surface area contributed by atoms with Crippen LogP contribution < -0.4 is 5.32 Å². The van der Waals surface area contributed by atoms with Gasteiger partial charge in [0.05, 0.1) is 12.1 Å². The highest BCUT2D eigenvalue weighted by atomic mass is 32.2. The maximum Gasteiger partial charge on any atom is 0.330 e. The molecule has 2 N–H and O–H groups in total. The van der Waals surface area contributed by atoms with Crippen LogP contribution in [0.15, 0.2) is 23.8 Å². The molecule has 3 rings (SSSR count). The number of esters is 1. The van der Waals surface area contributed by atoms with Crippen molar-refractivity contribution in [2.24, 2.45) is 5.92 Å². The van der Waals surface area contributed by atoms with Gasteiger partial charge in [-0.1, -0.05) is 36.4 Å². The van der Waals surface area contributed by atoms with Crippen LogP contribution in [0.4, 0.5) is 4.79 Å². The molecular formula is C20H29NO5S. The van der Waals surface area contributed by atoms with Crippen molar-refractivity contribution in [1.29, 1.82) is 0 Å². The third-order valence-electron chi connectivity index (χ3n) is 5.40. The number of carbonyl (C=O) groups is 2. The molecule has 7 heteroatoms. The van der Waals surface area contributed by atoms with Crippen LogP contribution in [0.5, 0.6) is 0 Å². The summed E-state index contributed by atoms with van der Waals surface area (Å²) < 4.78 is 11.7. The Balaban J connectivity index is 1.78. The molecule has 0 aromatic heterocycles. The second-order valence-corrected chi connectivity index (χ2v) is 8.88. The van der Waals surface area contributed by atoms with Gasteiger partial charge in [0.25, 0.3) is 5.24 Å². The molecule has 5 atom stereocenters. The molecule has 2 fully saturated rings. The Morgan fingerprint density at radius 1 is 1.30 bits per heavy atom. The number of hydrogen-bond donors (Lipinski definition) is 2. The van der Waals surface area contributed by atoms with Crippen molar-refractivity contribution < 1.29 is 24.2 Å². The van der Waals surface area contributed by atoms with E-state index < -0.39 is 17.9 Å². The second kappa shape index (κ2) is 8.80. The molecule has 3 heterocycles. The van der Waals surface area contributed by atoms with E-state index in [2.05, 4.69) is 24.4 Å². The van der Waals surface area contributed by atoms with E-state index in [9.17, 15) is 14.7 Å². The normalized spacial score (nSPS) is 38.6. The topological polar surface area (TPSA) is 84.9 Å². The lowest BCUT2D eigenvalue weighted by atomic mass is 9.90. The molecule has 3 aliphatic heterocycles. The fourth-order valence-corrected chi connectivity index (χ4v) is 4.75. The minimum atomic E-state index is -1.51. The molecule has 0 spiro atoms. The number of fused-ring (bicyclic) bond motifs is 2. The first-order chi connectivity index (χ1) is 12.8. The van der Waals surface area contributed by atoms with Crippen molar-refractivity contribution in [2.75, 3.05) is 5.75 Å². The van der Waals surface area contributed by atoms with Gasteiger partial charge >= 0.3 is 5.97 Å². The first-order valence-electron chi connectivity index (χ1n) is 9.72. The van der Waals surface area contributed by atoms with Crippen LogP contribution in [0.3, 0.4) is 0 Å². The summed E-state index contributed by atoms with van der Waals surface area (Å²) in [5.41, 5.74) is 0.979. The molecule has 2 saturated heterocycles. The highest BCUT2D eigenvalue weighted by molar-refractivity contribution is 8.14. The molecule has 6 nitrogen and oxygen atoms in total. The predicted molar refractivity (Wildman–Crippen MR) is 104 cm³/mol. The highest BCUT2D eigenvalue weighted by Gasteiger charge is 2.49. The summed E-state index contributed by atoms with van der Waals surface area (Å²) >= 11 is 1.14. The molecule has 2 bridgehead atoms. The first-order valence-corrected chi connectivity index (χ1v) is 10.7. The molecule has 1 amide bonds. The van der Waals surface area contributed by atoms with Crippen LogP contribution in [-0.2, 0) is 14.3 Å². The average molecular weight is 396 g/mol. The Bertz CT molecular complexity index is 634. The van der Waals surface area contributed by atoms with E-state index in [0.29, 0.717) is 18.1 Å². The van der Waals surface area contributed by atoms with Gasteiger partial charge in [0, 0.05) is 24.7 Å². The monoisotopic (exact) mass is 395 g/mol. The second-order valence-electron chi connectivity index (χ2n) is 7.89. The molecule has 27 heavy (non-hydrogen) atoms. The van der Waals surface area contributed by atoms with E-state index in [1.54, 1.807) is 6.08 Å². The van der Waals surface area contributed by atoms with Crippen LogP contribution in [0.1, 0.15) is 52.4 Å². The molecule has 150 valence electrons. The largest absolute Gasteiger partial charge is 0.459 e. The van der Waals surface area contributed by atoms with Gasteiger partial charge in [0.2, 0.25) is 0 Å². The number of thioether (sulfide) groups is 1. The maximum atomic E-state index is 12.3. The minimum absolute atomic E-state index is 0.160. The molecule has 3 aliphatic rings. The average Bonchev–Trinajstić information content (AvgIpc) is 3.03. The van der Waals surface area contributed by atoms with E-state index in [4.69, 9.17) is 9.47 Å². The van der Waals surface area contributed by atoms with E-state index in [1.807, 2.05) is 6.92 Å². The molecular weight excluding hydrogens is 366 g/mol. The minimum Gasteiger partial charge on any atom is -0.459 e. The quantitative estimate of drug-likeness (QED) is 0.523. The van der Waals surface area contributed by atoms with E-state index >= 15 is 0 Å². The Morgan fingerprint density at radius 2 is 2.11 bits per heavy atom. The molecule has 0 saturated carbocycles. The van der Waals surface area contributed by atoms with Crippen LogP contribution in [0, 0.1) is 5.92 Å². The van der Waals surface area contributed by atoms with Crippen molar-refractivity contribution in [2.45, 2.75) is 76.4 Å². The zero-order valence-corrected chi connectivity index (χ0v) is 16.8. The van der Waals surface area contributed by atoms with Gasteiger partial charge in [-0.2, -0.15) is 0 Å². The Labute approximate surface area is 164 Å². The Morgan fingerprint density at radius 3 is 2.85 bits per heavy atom. The fourth-order valence-electron chi connectivity index (χ4n) is 3.86. The number of amides is 1. The van der Waals surface area contributed by atoms with Crippen molar-refractivity contribution in [1.82, 2.24) is 5.32 Å². The lowest BCUT2D eigenvalue weighted by molar-refractivity contribution is -0.283. The van der Waals surface area contributed by atoms with Gasteiger partial charge in [-0.05, 0) is 38.5 Å². The summed E-state index contributed by atoms with van der Waals surface area (Å²) in [6.45, 7) is 4.10. The van der Waals surface area contributed by atoms with E-state index in [1.165, 1.54) is 0 Å². The number of allylic oxidation sites excluding steroid dienone is 3. The van der Waals surface area contributed by atoms with Crippen LogP contribution >= 0.6 is 11.8 Å². The van der Waals surface area contributed by atoms with Crippen molar-refractivity contribution in [3.63, 3.8) is 0 Å². The van der Waals surface area contributed by atoms with Gasteiger partial charge in [0.15, 0.2) is 5.79 Å². The number of nitrogens with one attached hydrogen (secondary N) is 1. The lowest BCUT2D eigenvalue weighted by Gasteiger charge is -2.43. The standard InChI is InChI=1S/C20H29NO5S/c1-13-5-3-4-6-14(2)9-18(22)25-16-10-15(8-7-13)26-20(24,11-16)17-12-27-19(23)21-17/h3,5,9,13,15-17,24H,4,6-8,10-12H2,1-2H3,(H,21,23)/t13-,15-,16-,17-,20-/m1/s1. The molecule has 0 radical (unpaired) electrons. The van der Waals surface area contributed by atoms with Gasteiger partial charge in [-0.15, -0.1) is 0 Å². The van der Waals surface area contributed by atoms with Crippen LogP contribution in [-0.4, -0.2) is 46.1 Å². The molecule has 0 aliphatic carbocycles. The number of hydrogen-bond acceptors (Lipinski definition) is 6. The summed E-state index contributed by atoms with van der Waals surface area (Å²) in [7, 11) is 0. The fraction of sp³-hybridized carbons (Fsp3) is 0.700. The van der Waals surface area contributed by atoms with E-state index in [-0.39, 0.29) is 23.7 Å².